The number of halogens is 1. The van der Waals surface area contributed by atoms with Crippen LogP contribution < -0.4 is 34.5 Å². The Hall–Kier alpha value is -3.45. The fourth-order valence-corrected chi connectivity index (χ4v) is 4.73. The van der Waals surface area contributed by atoms with Gasteiger partial charge in [0.05, 0.1) is 5.69 Å². The van der Waals surface area contributed by atoms with Crippen LogP contribution in [0, 0.1) is 27.4 Å². The van der Waals surface area contributed by atoms with Gasteiger partial charge in [-0.25, -0.2) is 24.5 Å². The molecule has 38 heavy (non-hydrogen) atoms. The minimum absolute atomic E-state index is 0.296. The van der Waals surface area contributed by atoms with Crippen molar-refractivity contribution in [3.8, 4) is 12.3 Å². The predicted molar refractivity (Wildman–Crippen MR) is 127 cm³/mol. The fraction of sp³-hybridized carbons (Fsp3) is 0.250. The fourth-order valence-electron chi connectivity index (χ4n) is 4.60. The molecular weight excluding hydrogens is 534 g/mol. The van der Waals surface area contributed by atoms with E-state index in [-0.39, 0.29) is 0 Å². The first-order valence-electron chi connectivity index (χ1n) is 11.4. The van der Waals surface area contributed by atoms with Gasteiger partial charge in [0.1, 0.15) is 6.10 Å². The van der Waals surface area contributed by atoms with Gasteiger partial charge in [-0.15, -0.1) is 21.5 Å². The molecule has 0 fully saturated rings. The van der Waals surface area contributed by atoms with Crippen molar-refractivity contribution in [3.63, 3.8) is 0 Å². The lowest BCUT2D eigenvalue weighted by Crippen LogP contribution is -2.68. The zero-order valence-corrected chi connectivity index (χ0v) is 21.6. The lowest BCUT2D eigenvalue weighted by molar-refractivity contribution is -2.00. The Kier molecular flexibility index (Phi) is 8.67. The van der Waals surface area contributed by atoms with Crippen LogP contribution >= 0.6 is 12.2 Å². The molecule has 5 rings (SSSR count). The van der Waals surface area contributed by atoms with Crippen molar-refractivity contribution in [2.45, 2.75) is 38.3 Å². The average Bonchev–Trinajstić information content (AvgIpc) is 3.27. The summed E-state index contributed by atoms with van der Waals surface area (Å²) < 4.78 is 36.5. The molecule has 12 nitrogen and oxygen atoms in total. The van der Waals surface area contributed by atoms with E-state index < -0.39 is 16.3 Å². The van der Waals surface area contributed by atoms with Crippen LogP contribution in [-0.2, 0) is 24.2 Å². The molecule has 14 heteroatoms. The molecule has 2 aromatic carbocycles. The van der Waals surface area contributed by atoms with Crippen LogP contribution in [0.15, 0.2) is 48.5 Å². The second-order valence-corrected chi connectivity index (χ2v) is 9.60. The molecule has 1 unspecified atom stereocenters. The number of hydrogen-bond donors (Lipinski definition) is 3. The SMILES string of the molecule is C#CC[n+]1c2c(cc3cc(C(ON)c4cccc(Nn5[nH]nnc5=S)c4)ccc31)CCCC2.[O-][Cl+3]([O-])([O-])[O-]. The van der Waals surface area contributed by atoms with Crippen LogP contribution in [0.1, 0.15) is 41.3 Å². The van der Waals surface area contributed by atoms with E-state index in [1.807, 2.05) is 24.3 Å². The first-order valence-corrected chi connectivity index (χ1v) is 13.1. The van der Waals surface area contributed by atoms with Crippen molar-refractivity contribution in [2.24, 2.45) is 5.90 Å². The molecule has 0 aliphatic heterocycles. The van der Waals surface area contributed by atoms with Gasteiger partial charge < -0.3 is 0 Å². The van der Waals surface area contributed by atoms with Gasteiger partial charge in [0.2, 0.25) is 12.1 Å². The van der Waals surface area contributed by atoms with Gasteiger partial charge in [0.15, 0.2) is 5.69 Å². The standard InChI is InChI=1S/C24H23N7OS.ClHO4/c1-2-12-30-21-9-4-3-6-16(21)13-19-14-18(10-11-22(19)30)23(32-25)17-7-5-8-20(15-17)27-31-24(33)26-28-29-31;2-1(3,4)5/h1,5,7-8,10-11,13-15,23,27H,3-4,6,9,12,25H2;(H,2,3,4,5). The Balaban J connectivity index is 0.000000617. The van der Waals surface area contributed by atoms with Crippen LogP contribution in [0.3, 0.4) is 0 Å². The number of aromatic nitrogens is 5. The van der Waals surface area contributed by atoms with E-state index >= 15 is 0 Å². The smallest absolute Gasteiger partial charge is 0.258 e. The number of nitrogens with one attached hydrogen (secondary N) is 2. The van der Waals surface area contributed by atoms with E-state index in [1.165, 1.54) is 28.9 Å². The molecule has 1 atom stereocenters. The number of tetrazole rings is 1. The normalized spacial score (nSPS) is 13.7. The number of pyridine rings is 1. The minimum atomic E-state index is -4.94. The molecule has 0 amide bonds. The molecule has 0 radical (unpaired) electrons. The highest BCUT2D eigenvalue weighted by Gasteiger charge is 2.24. The topological polar surface area (TPSA) is 190 Å². The van der Waals surface area contributed by atoms with Gasteiger partial charge in [0, 0.05) is 23.4 Å². The summed E-state index contributed by atoms with van der Waals surface area (Å²) in [4.78, 5) is 6.90. The van der Waals surface area contributed by atoms with Crippen molar-refractivity contribution in [1.82, 2.24) is 20.3 Å². The molecule has 0 bridgehead atoms. The first kappa shape index (κ1) is 27.6. The van der Waals surface area contributed by atoms with Crippen LogP contribution in [0.25, 0.3) is 10.9 Å². The summed E-state index contributed by atoms with van der Waals surface area (Å²) in [6.07, 6.45) is 9.81. The number of nitrogens with two attached hydrogens (primary N) is 1. The first-order chi connectivity index (χ1) is 18.2. The van der Waals surface area contributed by atoms with Crippen molar-refractivity contribution in [3.05, 3.63) is 75.7 Å². The molecular formula is C24H24ClN7O5S. The third-order valence-corrected chi connectivity index (χ3v) is 6.33. The molecule has 0 saturated heterocycles. The number of aromatic amines is 1. The average molecular weight is 558 g/mol. The second kappa shape index (κ2) is 11.9. The third-order valence-electron chi connectivity index (χ3n) is 6.07. The Bertz CT molecular complexity index is 1520. The summed E-state index contributed by atoms with van der Waals surface area (Å²) >= 11 is 5.12. The summed E-state index contributed by atoms with van der Waals surface area (Å²) in [5, 5.41) is 11.3. The van der Waals surface area contributed by atoms with Gasteiger partial charge in [-0.1, -0.05) is 17.2 Å². The van der Waals surface area contributed by atoms with E-state index in [9.17, 15) is 0 Å². The molecule has 0 saturated carbocycles. The predicted octanol–water partition coefficient (Wildman–Crippen LogP) is -1.61. The number of hydrogen-bond acceptors (Lipinski definition) is 10. The number of H-pyrrole nitrogens is 1. The van der Waals surface area contributed by atoms with E-state index in [0.29, 0.717) is 11.3 Å². The zero-order valence-electron chi connectivity index (χ0n) is 20.0. The summed E-state index contributed by atoms with van der Waals surface area (Å²) in [6.45, 7) is 0.564. The van der Waals surface area contributed by atoms with Crippen molar-refractivity contribution in [2.75, 3.05) is 5.43 Å². The maximum Gasteiger partial charge on any atom is 0.258 e. The van der Waals surface area contributed by atoms with E-state index in [2.05, 4.69) is 55.7 Å². The van der Waals surface area contributed by atoms with E-state index in [4.69, 9.17) is 48.0 Å². The maximum atomic E-state index is 8.49. The Morgan fingerprint density at radius 2 is 1.89 bits per heavy atom. The Morgan fingerprint density at radius 1 is 1.16 bits per heavy atom. The van der Waals surface area contributed by atoms with Crippen LogP contribution in [0.2, 0.25) is 0 Å². The van der Waals surface area contributed by atoms with Gasteiger partial charge in [-0.05, 0) is 84.1 Å². The molecule has 4 aromatic rings. The molecule has 2 aromatic heterocycles. The van der Waals surface area contributed by atoms with Crippen molar-refractivity contribution in [1.29, 1.82) is 0 Å². The molecule has 2 heterocycles. The van der Waals surface area contributed by atoms with Gasteiger partial charge in [0.25, 0.3) is 4.77 Å². The molecule has 1 aliphatic carbocycles. The van der Waals surface area contributed by atoms with Gasteiger partial charge in [-0.3, -0.25) is 10.3 Å². The maximum absolute atomic E-state index is 8.49. The Morgan fingerprint density at radius 3 is 2.58 bits per heavy atom. The lowest BCUT2D eigenvalue weighted by atomic mass is 9.92. The Labute approximate surface area is 224 Å². The second-order valence-electron chi connectivity index (χ2n) is 8.48. The highest BCUT2D eigenvalue weighted by molar-refractivity contribution is 7.71. The molecule has 1 aliphatic rings. The van der Waals surface area contributed by atoms with Crippen LogP contribution in [-0.4, -0.2) is 20.3 Å². The highest BCUT2D eigenvalue weighted by Crippen LogP contribution is 2.30. The summed E-state index contributed by atoms with van der Waals surface area (Å²) in [6, 6.07) is 16.4. The third kappa shape index (κ3) is 6.70. The number of rotatable bonds is 6. The minimum Gasteiger partial charge on any atom is -0.292 e. The summed E-state index contributed by atoms with van der Waals surface area (Å²) in [7, 11) is -4.94. The number of nitrogens with zero attached hydrogens (tertiary/aromatic N) is 4. The van der Waals surface area contributed by atoms with Crippen LogP contribution in [0.4, 0.5) is 5.69 Å². The molecule has 4 N–H and O–H groups in total. The molecule has 0 spiro atoms. The highest BCUT2D eigenvalue weighted by atomic mass is 35.7. The number of terminal acetylenes is 1. The summed E-state index contributed by atoms with van der Waals surface area (Å²) in [5.74, 6) is 8.60. The van der Waals surface area contributed by atoms with Gasteiger partial charge >= 0.3 is 0 Å². The zero-order chi connectivity index (χ0) is 27.3. The van der Waals surface area contributed by atoms with Crippen molar-refractivity contribution < 1.29 is 38.3 Å². The summed E-state index contributed by atoms with van der Waals surface area (Å²) in [5.41, 5.74) is 9.64. The van der Waals surface area contributed by atoms with Crippen molar-refractivity contribution >= 4 is 28.8 Å². The quantitative estimate of drug-likeness (QED) is 0.107. The monoisotopic (exact) mass is 557 g/mol. The van der Waals surface area contributed by atoms with E-state index in [0.717, 1.165) is 40.6 Å². The van der Waals surface area contributed by atoms with Gasteiger partial charge in [-0.2, -0.15) is 9.78 Å². The van der Waals surface area contributed by atoms with E-state index in [1.54, 1.807) is 0 Å². The number of fused-ring (bicyclic) bond motifs is 2. The number of aryl methyl sites for hydroxylation is 1. The molecule has 198 valence electrons. The number of benzene rings is 2. The lowest BCUT2D eigenvalue weighted by Gasteiger charge is -2.19. The largest absolute Gasteiger partial charge is 0.292 e. The van der Waals surface area contributed by atoms with Crippen LogP contribution in [0.5, 0.6) is 0 Å². The number of anilines is 1.